The minimum absolute atomic E-state index is 0.119. The van der Waals surface area contributed by atoms with Gasteiger partial charge in [-0.25, -0.2) is 4.79 Å². The predicted octanol–water partition coefficient (Wildman–Crippen LogP) is 3.20. The van der Waals surface area contributed by atoms with Gasteiger partial charge in [-0.1, -0.05) is 34.4 Å². The van der Waals surface area contributed by atoms with Crippen molar-refractivity contribution in [2.24, 2.45) is 0 Å². The Morgan fingerprint density at radius 2 is 1.93 bits per heavy atom. The van der Waals surface area contributed by atoms with Crippen LogP contribution in [0.1, 0.15) is 30.0 Å². The van der Waals surface area contributed by atoms with Gasteiger partial charge >= 0.3 is 5.97 Å². The zero-order valence-electron chi connectivity index (χ0n) is 16.1. The van der Waals surface area contributed by atoms with Crippen molar-refractivity contribution < 1.29 is 24.0 Å². The van der Waals surface area contributed by atoms with E-state index in [1.165, 1.54) is 16.7 Å². The first kappa shape index (κ1) is 21.0. The van der Waals surface area contributed by atoms with Crippen molar-refractivity contribution in [1.82, 2.24) is 15.4 Å². The number of fused-ring (bicyclic) bond motifs is 1. The standard InChI is InChI=1S/C19H17Cl2N3O5S/c1-7-10(12(23-29-7)11-8(20)5-4-6-9(11)21)15(25)22-13-16(26)24-14(18(27)28)19(2,3)30-17(13)24/h4-6,13-14,17H,1-3H3,(H,22,25)(H,27,28)/t13-,14+,17-/m0/s1. The number of carbonyl (C=O) groups is 3. The molecule has 2 aromatic rings. The number of benzene rings is 1. The third-order valence-corrected chi connectivity index (χ3v) is 7.45. The van der Waals surface area contributed by atoms with Crippen LogP contribution in [-0.2, 0) is 9.59 Å². The molecule has 1 aromatic heterocycles. The van der Waals surface area contributed by atoms with Gasteiger partial charge in [-0.3, -0.25) is 9.59 Å². The molecule has 2 aliphatic rings. The number of halogens is 2. The fourth-order valence-corrected chi connectivity index (χ4v) is 6.09. The van der Waals surface area contributed by atoms with E-state index in [1.807, 2.05) is 0 Å². The monoisotopic (exact) mass is 469 g/mol. The van der Waals surface area contributed by atoms with E-state index in [1.54, 1.807) is 39.0 Å². The van der Waals surface area contributed by atoms with Gasteiger partial charge in [0.05, 0.1) is 10.0 Å². The van der Waals surface area contributed by atoms with Crippen LogP contribution in [0.25, 0.3) is 11.3 Å². The minimum Gasteiger partial charge on any atom is -0.480 e. The summed E-state index contributed by atoms with van der Waals surface area (Å²) < 4.78 is 4.52. The quantitative estimate of drug-likeness (QED) is 0.660. The minimum atomic E-state index is -1.07. The number of aromatic nitrogens is 1. The highest BCUT2D eigenvalue weighted by Crippen LogP contribution is 2.51. The lowest BCUT2D eigenvalue weighted by molar-refractivity contribution is -0.159. The van der Waals surface area contributed by atoms with E-state index in [2.05, 4.69) is 10.5 Å². The van der Waals surface area contributed by atoms with Gasteiger partial charge in [-0.05, 0) is 32.9 Å². The van der Waals surface area contributed by atoms with E-state index in [-0.39, 0.29) is 17.0 Å². The van der Waals surface area contributed by atoms with Gasteiger partial charge in [0, 0.05) is 10.3 Å². The van der Waals surface area contributed by atoms with E-state index in [0.29, 0.717) is 15.6 Å². The Morgan fingerprint density at radius 1 is 1.30 bits per heavy atom. The highest BCUT2D eigenvalue weighted by Gasteiger charge is 2.64. The number of carbonyl (C=O) groups excluding carboxylic acids is 2. The van der Waals surface area contributed by atoms with Crippen LogP contribution in [0.2, 0.25) is 10.0 Å². The third-order valence-electron chi connectivity index (χ3n) is 5.25. The number of hydrogen-bond donors (Lipinski definition) is 2. The number of nitrogens with one attached hydrogen (secondary N) is 1. The average molecular weight is 470 g/mol. The second-order valence-electron chi connectivity index (χ2n) is 7.61. The number of hydrogen-bond acceptors (Lipinski definition) is 6. The SMILES string of the molecule is Cc1onc(-c2c(Cl)cccc2Cl)c1C(=O)N[C@H]1C(=O)N2[C@H]1SC(C)(C)[C@H]2C(=O)O. The summed E-state index contributed by atoms with van der Waals surface area (Å²) in [6, 6.07) is 3.09. The van der Waals surface area contributed by atoms with Crippen LogP contribution in [0.3, 0.4) is 0 Å². The number of carboxylic acid groups (broad SMARTS) is 1. The van der Waals surface area contributed by atoms with Crippen molar-refractivity contribution in [3.05, 3.63) is 39.6 Å². The zero-order chi connectivity index (χ0) is 22.0. The second kappa shape index (κ2) is 7.18. The summed E-state index contributed by atoms with van der Waals surface area (Å²) in [5.74, 6) is -1.84. The Balaban J connectivity index is 1.62. The first-order valence-corrected chi connectivity index (χ1v) is 10.6. The molecular formula is C19H17Cl2N3O5S. The lowest BCUT2D eigenvalue weighted by Gasteiger charge is -2.43. The molecule has 0 radical (unpaired) electrons. The van der Waals surface area contributed by atoms with E-state index >= 15 is 0 Å². The summed E-state index contributed by atoms with van der Waals surface area (Å²) in [6.07, 6.45) is 0. The fourth-order valence-electron chi connectivity index (χ4n) is 3.89. The first-order chi connectivity index (χ1) is 14.0. The molecule has 0 aliphatic carbocycles. The molecule has 3 atom stereocenters. The van der Waals surface area contributed by atoms with Crippen LogP contribution in [0, 0.1) is 6.92 Å². The van der Waals surface area contributed by atoms with Crippen LogP contribution in [0.5, 0.6) is 0 Å². The number of aliphatic carboxylic acids is 1. The maximum absolute atomic E-state index is 13.1. The molecule has 8 nitrogen and oxygen atoms in total. The van der Waals surface area contributed by atoms with Crippen molar-refractivity contribution >= 4 is 52.7 Å². The zero-order valence-corrected chi connectivity index (χ0v) is 18.4. The van der Waals surface area contributed by atoms with E-state index in [9.17, 15) is 19.5 Å². The molecule has 0 bridgehead atoms. The summed E-state index contributed by atoms with van der Waals surface area (Å²) >= 11 is 13.8. The largest absolute Gasteiger partial charge is 0.480 e. The molecule has 2 saturated heterocycles. The molecule has 3 heterocycles. The van der Waals surface area contributed by atoms with Crippen LogP contribution >= 0.6 is 35.0 Å². The average Bonchev–Trinajstić information content (AvgIpc) is 3.14. The topological polar surface area (TPSA) is 113 Å². The molecule has 2 fully saturated rings. The molecule has 158 valence electrons. The van der Waals surface area contributed by atoms with Crippen LogP contribution in [0.15, 0.2) is 22.7 Å². The number of nitrogens with zero attached hydrogens (tertiary/aromatic N) is 2. The Kier molecular flexibility index (Phi) is 5.03. The van der Waals surface area contributed by atoms with Gasteiger partial charge in [0.1, 0.15) is 34.5 Å². The van der Waals surface area contributed by atoms with Gasteiger partial charge in [0.15, 0.2) is 0 Å². The summed E-state index contributed by atoms with van der Waals surface area (Å²) in [5.41, 5.74) is 0.645. The Morgan fingerprint density at radius 3 is 2.53 bits per heavy atom. The number of aryl methyl sites for hydroxylation is 1. The summed E-state index contributed by atoms with van der Waals surface area (Å²) in [7, 11) is 0. The third kappa shape index (κ3) is 3.07. The number of β-lactam (4-membered cyclic amide) rings is 1. The van der Waals surface area contributed by atoms with Gasteiger partial charge in [-0.2, -0.15) is 0 Å². The lowest BCUT2D eigenvalue weighted by Crippen LogP contribution is -2.70. The number of rotatable bonds is 4. The summed E-state index contributed by atoms with van der Waals surface area (Å²) in [4.78, 5) is 38.7. The molecule has 11 heteroatoms. The fraction of sp³-hybridized carbons (Fsp3) is 0.368. The molecule has 0 unspecified atom stereocenters. The molecule has 0 saturated carbocycles. The number of carboxylic acids is 1. The van der Waals surface area contributed by atoms with Crippen molar-refractivity contribution in [2.45, 2.75) is 43.0 Å². The summed E-state index contributed by atoms with van der Waals surface area (Å²) in [5, 5.41) is 16.3. The smallest absolute Gasteiger partial charge is 0.327 e. The van der Waals surface area contributed by atoms with E-state index < -0.39 is 40.0 Å². The highest BCUT2D eigenvalue weighted by atomic mass is 35.5. The van der Waals surface area contributed by atoms with E-state index in [0.717, 1.165) is 0 Å². The lowest BCUT2D eigenvalue weighted by atomic mass is 9.95. The molecule has 0 spiro atoms. The number of amides is 2. The maximum atomic E-state index is 13.1. The van der Waals surface area contributed by atoms with Gasteiger partial charge in [0.25, 0.3) is 5.91 Å². The first-order valence-electron chi connectivity index (χ1n) is 8.99. The van der Waals surface area contributed by atoms with Crippen LogP contribution in [0.4, 0.5) is 0 Å². The summed E-state index contributed by atoms with van der Waals surface area (Å²) in [6.45, 7) is 5.10. The molecular weight excluding hydrogens is 453 g/mol. The number of thioether (sulfide) groups is 1. The molecule has 2 N–H and O–H groups in total. The highest BCUT2D eigenvalue weighted by molar-refractivity contribution is 8.01. The molecule has 2 amide bonds. The molecule has 30 heavy (non-hydrogen) atoms. The normalized spacial score (nSPS) is 24.4. The molecule has 2 aliphatic heterocycles. The Hall–Kier alpha value is -2.23. The molecule has 1 aromatic carbocycles. The second-order valence-corrected chi connectivity index (χ2v) is 10.2. The van der Waals surface area contributed by atoms with Gasteiger partial charge in [0.2, 0.25) is 5.91 Å². The van der Waals surface area contributed by atoms with Crippen molar-refractivity contribution in [3.63, 3.8) is 0 Å². The van der Waals surface area contributed by atoms with Gasteiger partial charge < -0.3 is 19.8 Å². The van der Waals surface area contributed by atoms with Crippen LogP contribution < -0.4 is 5.32 Å². The van der Waals surface area contributed by atoms with Crippen molar-refractivity contribution in [1.29, 1.82) is 0 Å². The van der Waals surface area contributed by atoms with Crippen LogP contribution in [-0.4, -0.2) is 55.2 Å². The predicted molar refractivity (Wildman–Crippen MR) is 112 cm³/mol. The van der Waals surface area contributed by atoms with Crippen molar-refractivity contribution in [2.75, 3.05) is 0 Å². The Bertz CT molecular complexity index is 1070. The van der Waals surface area contributed by atoms with E-state index in [4.69, 9.17) is 27.7 Å². The molecule has 4 rings (SSSR count). The van der Waals surface area contributed by atoms with Gasteiger partial charge in [-0.15, -0.1) is 11.8 Å². The maximum Gasteiger partial charge on any atom is 0.327 e. The van der Waals surface area contributed by atoms with Crippen molar-refractivity contribution in [3.8, 4) is 11.3 Å². The Labute approximate surface area is 185 Å².